The number of anilines is 1. The van der Waals surface area contributed by atoms with Crippen molar-refractivity contribution >= 4 is 31.1 Å². The highest BCUT2D eigenvalue weighted by Crippen LogP contribution is 2.36. The van der Waals surface area contributed by atoms with Crippen molar-refractivity contribution in [3.05, 3.63) is 102 Å². The zero-order valence-corrected chi connectivity index (χ0v) is 21.9. The first-order chi connectivity index (χ1) is 18.0. The highest BCUT2D eigenvalue weighted by molar-refractivity contribution is 7.92. The average molecular weight is 551 g/mol. The summed E-state index contributed by atoms with van der Waals surface area (Å²) in [5, 5.41) is 0. The first-order valence-electron chi connectivity index (χ1n) is 11.2. The summed E-state index contributed by atoms with van der Waals surface area (Å²) < 4.78 is 61.8. The van der Waals surface area contributed by atoms with Gasteiger partial charge in [0.1, 0.15) is 17.0 Å². The Hall–Kier alpha value is -4.42. The van der Waals surface area contributed by atoms with Crippen molar-refractivity contribution in [2.24, 2.45) is 7.05 Å². The zero-order chi connectivity index (χ0) is 27.1. The number of nitrogens with one attached hydrogen (secondary N) is 1. The first-order valence-corrected chi connectivity index (χ1v) is 14.6. The van der Waals surface area contributed by atoms with Crippen LogP contribution < -0.4 is 15.0 Å². The van der Waals surface area contributed by atoms with Crippen LogP contribution in [0.25, 0.3) is 16.8 Å². The third-order valence-corrected chi connectivity index (χ3v) is 8.28. The fourth-order valence-corrected chi connectivity index (χ4v) is 5.64. The molecule has 0 bridgehead atoms. The maximum absolute atomic E-state index is 12.8. The van der Waals surface area contributed by atoms with E-state index < -0.39 is 19.9 Å². The van der Waals surface area contributed by atoms with Crippen LogP contribution >= 0.6 is 0 Å². The third-order valence-electron chi connectivity index (χ3n) is 5.78. The lowest BCUT2D eigenvalue weighted by molar-refractivity contribution is 0.484. The number of aryl methyl sites for hydroxylation is 1. The van der Waals surface area contributed by atoms with Crippen molar-refractivity contribution in [2.45, 2.75) is 9.79 Å². The van der Waals surface area contributed by atoms with Gasteiger partial charge in [0.15, 0.2) is 9.84 Å². The number of ether oxygens (including phenoxy) is 1. The summed E-state index contributed by atoms with van der Waals surface area (Å²) in [6.07, 6.45) is 5.55. The highest BCUT2D eigenvalue weighted by Gasteiger charge is 2.19. The van der Waals surface area contributed by atoms with Gasteiger partial charge in [0.25, 0.3) is 15.6 Å². The van der Waals surface area contributed by atoms with Crippen molar-refractivity contribution in [3.63, 3.8) is 0 Å². The molecular weight excluding hydrogens is 528 g/mol. The van der Waals surface area contributed by atoms with Crippen LogP contribution in [-0.4, -0.2) is 37.0 Å². The fraction of sp³-hybridized carbons (Fsp3) is 0.0769. The molecule has 3 aromatic carbocycles. The first kappa shape index (κ1) is 25.2. The van der Waals surface area contributed by atoms with Gasteiger partial charge in [0.2, 0.25) is 0 Å². The molecule has 0 aliphatic rings. The zero-order valence-electron chi connectivity index (χ0n) is 20.3. The van der Waals surface area contributed by atoms with Crippen molar-refractivity contribution in [1.82, 2.24) is 14.0 Å². The largest absolute Gasteiger partial charge is 0.457 e. The quantitative estimate of drug-likeness (QED) is 0.327. The summed E-state index contributed by atoms with van der Waals surface area (Å²) in [5.74, 6) is 0.590. The van der Waals surface area contributed by atoms with Gasteiger partial charge in [0, 0.05) is 31.1 Å². The van der Waals surface area contributed by atoms with Crippen LogP contribution in [0, 0.1) is 0 Å². The Morgan fingerprint density at radius 3 is 2.39 bits per heavy atom. The summed E-state index contributed by atoms with van der Waals surface area (Å²) in [6.45, 7) is 0. The third kappa shape index (κ3) is 4.91. The number of benzene rings is 3. The minimum atomic E-state index is -3.82. The van der Waals surface area contributed by atoms with Crippen LogP contribution in [0.15, 0.2) is 106 Å². The van der Waals surface area contributed by atoms with Gasteiger partial charge in [-0.3, -0.25) is 13.9 Å². The monoisotopic (exact) mass is 550 g/mol. The molecule has 5 rings (SSSR count). The second kappa shape index (κ2) is 9.47. The standard InChI is InChI=1S/C26H22N4O6S2/c1-29-16-24(30-17-27-15-23(30)26(29)31)22-14-21(37(2,32)33)11-12-25(22)36-19-8-6-7-18(13-19)28-38(34,35)20-9-4-3-5-10-20/h3-17,28H,1-2H3. The maximum atomic E-state index is 12.8. The van der Waals surface area contributed by atoms with Gasteiger partial charge in [0.05, 0.1) is 33.7 Å². The Bertz CT molecular complexity index is 1950. The van der Waals surface area contributed by atoms with Gasteiger partial charge in [-0.15, -0.1) is 0 Å². The molecule has 38 heavy (non-hydrogen) atoms. The molecule has 2 aromatic heterocycles. The van der Waals surface area contributed by atoms with E-state index in [1.807, 2.05) is 0 Å². The molecule has 0 unspecified atom stereocenters. The summed E-state index contributed by atoms with van der Waals surface area (Å²) >= 11 is 0. The molecule has 0 aliphatic heterocycles. The summed E-state index contributed by atoms with van der Waals surface area (Å²) in [6, 6.07) is 18.7. The van der Waals surface area contributed by atoms with E-state index >= 15 is 0 Å². The summed E-state index contributed by atoms with van der Waals surface area (Å²) in [5.41, 5.74) is 1.17. The van der Waals surface area contributed by atoms with E-state index in [1.165, 1.54) is 53.5 Å². The normalized spacial score (nSPS) is 11.9. The van der Waals surface area contributed by atoms with Gasteiger partial charge >= 0.3 is 0 Å². The van der Waals surface area contributed by atoms with E-state index in [-0.39, 0.29) is 26.8 Å². The lowest BCUT2D eigenvalue weighted by Crippen LogP contribution is -2.19. The molecule has 2 heterocycles. The van der Waals surface area contributed by atoms with Crippen LogP contribution in [0.3, 0.4) is 0 Å². The number of aromatic nitrogens is 3. The number of imidazole rings is 1. The number of sulfone groups is 1. The number of fused-ring (bicyclic) bond motifs is 1. The molecule has 12 heteroatoms. The average Bonchev–Trinajstić information content (AvgIpc) is 3.37. The van der Waals surface area contributed by atoms with Crippen molar-refractivity contribution in [3.8, 4) is 22.8 Å². The predicted molar refractivity (Wildman–Crippen MR) is 143 cm³/mol. The predicted octanol–water partition coefficient (Wildman–Crippen LogP) is 3.70. The number of sulfonamides is 1. The number of hydrogen-bond donors (Lipinski definition) is 1. The van der Waals surface area contributed by atoms with E-state index in [0.717, 1.165) is 6.26 Å². The number of hydrogen-bond acceptors (Lipinski definition) is 7. The molecule has 0 radical (unpaired) electrons. The molecule has 0 atom stereocenters. The second-order valence-corrected chi connectivity index (χ2v) is 12.3. The molecule has 5 aromatic rings. The molecule has 0 amide bonds. The highest BCUT2D eigenvalue weighted by atomic mass is 32.2. The molecule has 1 N–H and O–H groups in total. The Kier molecular flexibility index (Phi) is 6.29. The Morgan fingerprint density at radius 1 is 0.895 bits per heavy atom. The van der Waals surface area contributed by atoms with Crippen LogP contribution in [0.2, 0.25) is 0 Å². The summed E-state index contributed by atoms with van der Waals surface area (Å²) in [7, 11) is -5.79. The van der Waals surface area contributed by atoms with Gasteiger partial charge in [-0.2, -0.15) is 0 Å². The smallest absolute Gasteiger partial charge is 0.276 e. The van der Waals surface area contributed by atoms with E-state index in [9.17, 15) is 21.6 Å². The molecule has 0 aliphatic carbocycles. The summed E-state index contributed by atoms with van der Waals surface area (Å²) in [4.78, 5) is 16.8. The van der Waals surface area contributed by atoms with Crippen LogP contribution in [0.4, 0.5) is 5.69 Å². The van der Waals surface area contributed by atoms with Crippen molar-refractivity contribution in [1.29, 1.82) is 0 Å². The van der Waals surface area contributed by atoms with Gasteiger partial charge in [-0.1, -0.05) is 24.3 Å². The molecule has 0 saturated carbocycles. The van der Waals surface area contributed by atoms with E-state index in [4.69, 9.17) is 4.74 Å². The second-order valence-electron chi connectivity index (χ2n) is 8.56. The van der Waals surface area contributed by atoms with Gasteiger partial charge in [-0.05, 0) is 42.5 Å². The molecule has 10 nitrogen and oxygen atoms in total. The SMILES string of the molecule is Cn1cc(-c2cc(S(C)(=O)=O)ccc2Oc2cccc(NS(=O)(=O)c3ccccc3)c2)n2cncc2c1=O. The lowest BCUT2D eigenvalue weighted by atomic mass is 10.1. The Balaban J connectivity index is 1.58. The lowest BCUT2D eigenvalue weighted by Gasteiger charge is -2.16. The molecule has 0 saturated heterocycles. The minimum Gasteiger partial charge on any atom is -0.457 e. The topological polar surface area (TPSA) is 129 Å². The minimum absolute atomic E-state index is 0.0614. The number of rotatable bonds is 7. The molecule has 0 spiro atoms. The van der Waals surface area contributed by atoms with Crippen LogP contribution in [-0.2, 0) is 26.9 Å². The van der Waals surface area contributed by atoms with Crippen LogP contribution in [0.5, 0.6) is 11.5 Å². The van der Waals surface area contributed by atoms with Crippen molar-refractivity contribution in [2.75, 3.05) is 11.0 Å². The van der Waals surface area contributed by atoms with E-state index in [2.05, 4.69) is 9.71 Å². The van der Waals surface area contributed by atoms with Gasteiger partial charge in [-0.25, -0.2) is 21.8 Å². The maximum Gasteiger partial charge on any atom is 0.276 e. The van der Waals surface area contributed by atoms with E-state index in [0.29, 0.717) is 22.5 Å². The molecular formula is C26H22N4O6S2. The molecule has 0 fully saturated rings. The molecule has 194 valence electrons. The van der Waals surface area contributed by atoms with E-state index in [1.54, 1.807) is 54.0 Å². The Labute approximate surface area is 218 Å². The fourth-order valence-electron chi connectivity index (χ4n) is 3.92. The van der Waals surface area contributed by atoms with Gasteiger partial charge < -0.3 is 9.30 Å². The van der Waals surface area contributed by atoms with Crippen LogP contribution in [0.1, 0.15) is 0 Å². The van der Waals surface area contributed by atoms with Crippen molar-refractivity contribution < 1.29 is 21.6 Å². The number of nitrogens with zero attached hydrogens (tertiary/aromatic N) is 3. The Morgan fingerprint density at radius 2 is 1.66 bits per heavy atom.